The number of carbonyl (C=O) groups excluding carboxylic acids is 1. The number of benzene rings is 1. The molecule has 4 heteroatoms. The highest BCUT2D eigenvalue weighted by Crippen LogP contribution is 2.32. The van der Waals surface area contributed by atoms with Crippen molar-refractivity contribution in [1.82, 2.24) is 4.90 Å². The van der Waals surface area contributed by atoms with E-state index in [0.29, 0.717) is 11.7 Å². The molecule has 2 nitrogen and oxygen atoms in total. The van der Waals surface area contributed by atoms with Crippen molar-refractivity contribution in [3.05, 3.63) is 29.3 Å². The Labute approximate surface area is 117 Å². The minimum Gasteiger partial charge on any atom is -0.298 e. The predicted molar refractivity (Wildman–Crippen MR) is 75.3 cm³/mol. The van der Waals surface area contributed by atoms with E-state index in [1.807, 2.05) is 24.3 Å². The molecule has 0 aliphatic carbocycles. The molecule has 0 aromatic heterocycles. The van der Waals surface area contributed by atoms with Crippen LogP contribution in [0.5, 0.6) is 0 Å². The molecule has 1 aromatic rings. The first kappa shape index (κ1) is 12.5. The standard InChI is InChI=1S/C14H16ClNOS/c15-11-1-3-12(4-2-11)18-9-13-14(17)10-5-7-16(13)8-6-10/h1-4,10,13H,5-9H2/t13-/m1/s1. The van der Waals surface area contributed by atoms with E-state index in [2.05, 4.69) is 4.90 Å². The van der Waals surface area contributed by atoms with Gasteiger partial charge in [-0.2, -0.15) is 0 Å². The van der Waals surface area contributed by atoms with Crippen LogP contribution in [0.4, 0.5) is 0 Å². The third-order valence-corrected chi connectivity index (χ3v) is 5.26. The van der Waals surface area contributed by atoms with Crippen molar-refractivity contribution in [3.8, 4) is 0 Å². The lowest BCUT2D eigenvalue weighted by Gasteiger charge is -2.43. The normalized spacial score (nSPS) is 30.7. The van der Waals surface area contributed by atoms with Crippen LogP contribution >= 0.6 is 23.4 Å². The van der Waals surface area contributed by atoms with Crippen LogP contribution in [0.2, 0.25) is 5.02 Å². The van der Waals surface area contributed by atoms with Crippen molar-refractivity contribution < 1.29 is 4.79 Å². The fourth-order valence-electron chi connectivity index (χ4n) is 2.84. The minimum absolute atomic E-state index is 0.137. The number of nitrogens with zero attached hydrogens (tertiary/aromatic N) is 1. The zero-order chi connectivity index (χ0) is 12.5. The Hall–Kier alpha value is -0.510. The summed E-state index contributed by atoms with van der Waals surface area (Å²) in [5, 5.41) is 0.760. The Morgan fingerprint density at radius 1 is 1.22 bits per heavy atom. The van der Waals surface area contributed by atoms with Gasteiger partial charge in [0, 0.05) is 21.6 Å². The molecule has 0 N–H and O–H groups in total. The molecule has 3 aliphatic heterocycles. The summed E-state index contributed by atoms with van der Waals surface area (Å²) in [7, 11) is 0. The molecule has 3 saturated heterocycles. The lowest BCUT2D eigenvalue weighted by molar-refractivity contribution is -0.135. The van der Waals surface area contributed by atoms with Crippen LogP contribution in [0.25, 0.3) is 0 Å². The molecule has 3 aliphatic rings. The van der Waals surface area contributed by atoms with E-state index in [1.165, 1.54) is 4.90 Å². The van der Waals surface area contributed by atoms with Gasteiger partial charge in [-0.1, -0.05) is 11.6 Å². The van der Waals surface area contributed by atoms with E-state index in [-0.39, 0.29) is 6.04 Å². The fraction of sp³-hybridized carbons (Fsp3) is 0.500. The highest BCUT2D eigenvalue weighted by Gasteiger charge is 2.40. The summed E-state index contributed by atoms with van der Waals surface area (Å²) in [6.45, 7) is 2.20. The third kappa shape index (κ3) is 2.44. The van der Waals surface area contributed by atoms with Gasteiger partial charge < -0.3 is 0 Å². The van der Waals surface area contributed by atoms with Crippen molar-refractivity contribution in [3.63, 3.8) is 0 Å². The zero-order valence-corrected chi connectivity index (χ0v) is 11.7. The van der Waals surface area contributed by atoms with Crippen LogP contribution in [-0.4, -0.2) is 35.6 Å². The molecule has 4 rings (SSSR count). The lowest BCUT2D eigenvalue weighted by Crippen LogP contribution is -2.56. The molecule has 0 spiro atoms. The van der Waals surface area contributed by atoms with E-state index in [9.17, 15) is 4.79 Å². The van der Waals surface area contributed by atoms with Gasteiger partial charge in [0.2, 0.25) is 0 Å². The largest absolute Gasteiger partial charge is 0.298 e. The average Bonchev–Trinajstić information content (AvgIpc) is 2.41. The summed E-state index contributed by atoms with van der Waals surface area (Å²) in [5.74, 6) is 1.68. The number of rotatable bonds is 3. The number of carbonyl (C=O) groups is 1. The zero-order valence-electron chi connectivity index (χ0n) is 10.1. The van der Waals surface area contributed by atoms with Gasteiger partial charge in [-0.05, 0) is 50.2 Å². The van der Waals surface area contributed by atoms with Crippen molar-refractivity contribution in [2.75, 3.05) is 18.8 Å². The van der Waals surface area contributed by atoms with Crippen LogP contribution in [-0.2, 0) is 4.79 Å². The predicted octanol–water partition coefficient (Wildman–Crippen LogP) is 3.10. The molecule has 0 radical (unpaired) electrons. The number of hydrogen-bond donors (Lipinski definition) is 0. The summed E-state index contributed by atoms with van der Waals surface area (Å²) in [6.07, 6.45) is 2.14. The molecular formula is C14H16ClNOS. The first-order valence-electron chi connectivity index (χ1n) is 6.40. The monoisotopic (exact) mass is 281 g/mol. The smallest absolute Gasteiger partial charge is 0.153 e. The Morgan fingerprint density at radius 2 is 1.89 bits per heavy atom. The van der Waals surface area contributed by atoms with Gasteiger partial charge in [0.05, 0.1) is 6.04 Å². The van der Waals surface area contributed by atoms with Gasteiger partial charge in [-0.15, -0.1) is 11.8 Å². The second kappa shape index (κ2) is 5.24. The van der Waals surface area contributed by atoms with E-state index in [4.69, 9.17) is 11.6 Å². The second-order valence-corrected chi connectivity index (χ2v) is 6.52. The van der Waals surface area contributed by atoms with Crippen molar-refractivity contribution in [1.29, 1.82) is 0 Å². The molecule has 3 fully saturated rings. The van der Waals surface area contributed by atoms with Crippen LogP contribution in [0, 0.1) is 5.92 Å². The van der Waals surface area contributed by atoms with E-state index in [0.717, 1.165) is 36.7 Å². The van der Waals surface area contributed by atoms with Crippen LogP contribution in [0.15, 0.2) is 29.2 Å². The van der Waals surface area contributed by atoms with Crippen molar-refractivity contribution in [2.45, 2.75) is 23.8 Å². The van der Waals surface area contributed by atoms with Gasteiger partial charge in [0.25, 0.3) is 0 Å². The fourth-order valence-corrected chi connectivity index (χ4v) is 4.02. The quantitative estimate of drug-likeness (QED) is 0.794. The summed E-state index contributed by atoms with van der Waals surface area (Å²) in [6, 6.07) is 7.98. The first-order valence-corrected chi connectivity index (χ1v) is 7.76. The number of halogens is 1. The average molecular weight is 282 g/mol. The number of fused-ring (bicyclic) bond motifs is 3. The Kier molecular flexibility index (Phi) is 3.64. The molecule has 0 saturated carbocycles. The Balaban J connectivity index is 1.63. The maximum absolute atomic E-state index is 12.2. The SMILES string of the molecule is O=C1C2CCN(CC2)[C@@H]1CSc1ccc(Cl)cc1. The molecule has 96 valence electrons. The number of thioether (sulfide) groups is 1. The molecule has 1 aromatic carbocycles. The van der Waals surface area contributed by atoms with Gasteiger partial charge in [-0.3, -0.25) is 9.69 Å². The lowest BCUT2D eigenvalue weighted by atomic mass is 9.83. The Morgan fingerprint density at radius 3 is 2.50 bits per heavy atom. The highest BCUT2D eigenvalue weighted by atomic mass is 35.5. The van der Waals surface area contributed by atoms with Crippen LogP contribution in [0.1, 0.15) is 12.8 Å². The molecule has 18 heavy (non-hydrogen) atoms. The van der Waals surface area contributed by atoms with E-state index < -0.39 is 0 Å². The van der Waals surface area contributed by atoms with Crippen LogP contribution in [0.3, 0.4) is 0 Å². The van der Waals surface area contributed by atoms with Crippen molar-refractivity contribution >= 4 is 29.1 Å². The molecule has 0 amide bonds. The number of piperidine rings is 3. The van der Waals surface area contributed by atoms with Gasteiger partial charge in [0.1, 0.15) is 0 Å². The number of hydrogen-bond acceptors (Lipinski definition) is 3. The minimum atomic E-state index is 0.137. The molecule has 1 atom stereocenters. The molecule has 2 bridgehead atoms. The maximum Gasteiger partial charge on any atom is 0.153 e. The molecular weight excluding hydrogens is 266 g/mol. The number of Topliss-reactive ketones (excluding diaryl/α,β-unsaturated/α-hetero) is 1. The summed E-state index contributed by atoms with van der Waals surface area (Å²) in [5.41, 5.74) is 0. The van der Waals surface area contributed by atoms with Crippen molar-refractivity contribution in [2.24, 2.45) is 5.92 Å². The Bertz CT molecular complexity index is 440. The van der Waals surface area contributed by atoms with Crippen LogP contribution < -0.4 is 0 Å². The topological polar surface area (TPSA) is 20.3 Å². The van der Waals surface area contributed by atoms with Gasteiger partial charge >= 0.3 is 0 Å². The second-order valence-electron chi connectivity index (χ2n) is 4.99. The summed E-state index contributed by atoms with van der Waals surface area (Å²) >= 11 is 7.62. The van der Waals surface area contributed by atoms with Gasteiger partial charge in [-0.25, -0.2) is 0 Å². The first-order chi connectivity index (χ1) is 8.74. The van der Waals surface area contributed by atoms with Gasteiger partial charge in [0.15, 0.2) is 5.78 Å². The summed E-state index contributed by atoms with van der Waals surface area (Å²) in [4.78, 5) is 15.7. The summed E-state index contributed by atoms with van der Waals surface area (Å²) < 4.78 is 0. The molecule has 3 heterocycles. The maximum atomic E-state index is 12.2. The number of ketones is 1. The third-order valence-electron chi connectivity index (χ3n) is 3.92. The van der Waals surface area contributed by atoms with E-state index >= 15 is 0 Å². The molecule has 0 unspecified atom stereocenters. The van der Waals surface area contributed by atoms with E-state index in [1.54, 1.807) is 11.8 Å². The highest BCUT2D eigenvalue weighted by molar-refractivity contribution is 7.99.